The van der Waals surface area contributed by atoms with Crippen molar-refractivity contribution in [2.24, 2.45) is 7.05 Å². The van der Waals surface area contributed by atoms with Crippen LogP contribution in [-0.4, -0.2) is 33.9 Å². The molecule has 0 saturated carbocycles. The lowest BCUT2D eigenvalue weighted by Crippen LogP contribution is -2.13. The minimum Gasteiger partial charge on any atom is -0.477 e. The normalized spacial score (nSPS) is 13.6. The summed E-state index contributed by atoms with van der Waals surface area (Å²) in [6.45, 7) is 14.4. The number of nitrogens with zero attached hydrogens (tertiary/aromatic N) is 4. The molecule has 1 aliphatic rings. The summed E-state index contributed by atoms with van der Waals surface area (Å²) in [5, 5.41) is 4.68. The van der Waals surface area contributed by atoms with E-state index in [0.717, 1.165) is 41.8 Å². The summed E-state index contributed by atoms with van der Waals surface area (Å²) in [7, 11) is 1.87. The molecule has 0 saturated heterocycles. The van der Waals surface area contributed by atoms with Crippen molar-refractivity contribution < 1.29 is 14.3 Å². The van der Waals surface area contributed by atoms with E-state index in [9.17, 15) is 4.79 Å². The smallest absolute Gasteiger partial charge is 0.306 e. The van der Waals surface area contributed by atoms with E-state index in [0.29, 0.717) is 31.2 Å². The van der Waals surface area contributed by atoms with Gasteiger partial charge in [0, 0.05) is 30.9 Å². The Morgan fingerprint density at radius 3 is 2.66 bits per heavy atom. The molecule has 3 aromatic rings. The molecule has 4 rings (SSSR count). The van der Waals surface area contributed by atoms with Crippen LogP contribution in [0.3, 0.4) is 0 Å². The lowest BCUT2D eigenvalue weighted by atomic mass is 9.88. The van der Waals surface area contributed by atoms with E-state index >= 15 is 0 Å². The first-order chi connectivity index (χ1) is 18.4. The highest BCUT2D eigenvalue weighted by molar-refractivity contribution is 5.71. The molecule has 1 atom stereocenters. The largest absolute Gasteiger partial charge is 0.477 e. The van der Waals surface area contributed by atoms with Gasteiger partial charge >= 0.3 is 5.97 Å². The van der Waals surface area contributed by atoms with E-state index in [-0.39, 0.29) is 24.2 Å². The maximum atomic E-state index is 12.5. The highest BCUT2D eigenvalue weighted by Crippen LogP contribution is 2.32. The van der Waals surface area contributed by atoms with Gasteiger partial charge in [-0.05, 0) is 62.5 Å². The van der Waals surface area contributed by atoms with Crippen LogP contribution in [0.1, 0.15) is 85.6 Å². The van der Waals surface area contributed by atoms with Crippen molar-refractivity contribution in [3.63, 3.8) is 0 Å². The summed E-state index contributed by atoms with van der Waals surface area (Å²) >= 11 is 0. The minimum absolute atomic E-state index is 0.157. The van der Waals surface area contributed by atoms with E-state index in [2.05, 4.69) is 42.0 Å². The molecule has 0 spiro atoms. The lowest BCUT2D eigenvalue weighted by Gasteiger charge is -2.18. The number of fused-ring (bicyclic) bond motifs is 1. The zero-order valence-electron chi connectivity index (χ0n) is 23.0. The highest BCUT2D eigenvalue weighted by Gasteiger charge is 2.22. The van der Waals surface area contributed by atoms with Crippen LogP contribution in [0.2, 0.25) is 0 Å². The Morgan fingerprint density at radius 2 is 1.89 bits per heavy atom. The second kappa shape index (κ2) is 12.7. The fourth-order valence-corrected chi connectivity index (χ4v) is 5.04. The lowest BCUT2D eigenvalue weighted by molar-refractivity contribution is -0.143. The molecule has 7 heteroatoms. The highest BCUT2D eigenvalue weighted by atomic mass is 16.5. The average Bonchev–Trinajstić information content (AvgIpc) is 3.26. The number of hydrogen-bond acceptors (Lipinski definition) is 5. The van der Waals surface area contributed by atoms with Crippen LogP contribution in [-0.2, 0) is 42.3 Å². The van der Waals surface area contributed by atoms with Gasteiger partial charge in [-0.15, -0.1) is 0 Å². The van der Waals surface area contributed by atoms with Gasteiger partial charge in [0.25, 0.3) is 0 Å². The monoisotopic (exact) mass is 514 g/mol. The number of hydrogen-bond donors (Lipinski definition) is 0. The molecule has 1 unspecified atom stereocenters. The molecule has 2 aromatic heterocycles. The number of benzene rings is 1. The SMILES string of the molecule is [C-]#[N+]c1cc(C(C)C)cc(C(CC(=O)OCC)Cc2cc(OCCc3ccc4c(n3)CCCC4)n(C)n2)c1. The molecule has 200 valence electrons. The fourth-order valence-electron chi connectivity index (χ4n) is 5.04. The number of ether oxygens (including phenoxy) is 2. The third-order valence-corrected chi connectivity index (χ3v) is 7.13. The first kappa shape index (κ1) is 27.4. The molecule has 0 radical (unpaired) electrons. The molecule has 0 amide bonds. The van der Waals surface area contributed by atoms with Crippen LogP contribution < -0.4 is 4.74 Å². The molecule has 1 aromatic carbocycles. The Kier molecular flexibility index (Phi) is 9.17. The van der Waals surface area contributed by atoms with Crippen molar-refractivity contribution in [3.05, 3.63) is 81.6 Å². The topological polar surface area (TPSA) is 70.6 Å². The first-order valence-electron chi connectivity index (χ1n) is 13.7. The predicted molar refractivity (Wildman–Crippen MR) is 148 cm³/mol. The second-order valence-corrected chi connectivity index (χ2v) is 10.3. The van der Waals surface area contributed by atoms with Gasteiger partial charge in [0.2, 0.25) is 5.88 Å². The quantitative estimate of drug-likeness (QED) is 0.223. The Hall–Kier alpha value is -3.66. The molecule has 0 bridgehead atoms. The standard InChI is InChI=1S/C31H38N4O3/c1-6-37-31(36)19-25(24-15-23(21(2)3)16-27(17-24)32-4)18-28-20-30(35(5)34-28)38-14-13-26-12-11-22-9-7-8-10-29(22)33-26/h11-12,15-17,20-21,25H,6-10,13-14,18-19H2,1-3,5H3. The summed E-state index contributed by atoms with van der Waals surface area (Å²) in [6.07, 6.45) is 6.18. The van der Waals surface area contributed by atoms with Crippen LogP contribution in [0.5, 0.6) is 5.88 Å². The predicted octanol–water partition coefficient (Wildman–Crippen LogP) is 6.27. The Labute approximate surface area is 226 Å². The molecular weight excluding hydrogens is 476 g/mol. The number of aromatic nitrogens is 3. The van der Waals surface area contributed by atoms with E-state index in [4.69, 9.17) is 21.0 Å². The fraction of sp³-hybridized carbons (Fsp3) is 0.484. The van der Waals surface area contributed by atoms with Gasteiger partial charge in [0.15, 0.2) is 5.69 Å². The van der Waals surface area contributed by atoms with Gasteiger partial charge in [-0.2, -0.15) is 5.10 Å². The molecule has 0 N–H and O–H groups in total. The van der Waals surface area contributed by atoms with Crippen molar-refractivity contribution in [2.45, 2.75) is 77.6 Å². The van der Waals surface area contributed by atoms with Gasteiger partial charge in [0.05, 0.1) is 31.9 Å². The summed E-state index contributed by atoms with van der Waals surface area (Å²) in [4.78, 5) is 21.0. The van der Waals surface area contributed by atoms with Crippen molar-refractivity contribution in [1.82, 2.24) is 14.8 Å². The maximum Gasteiger partial charge on any atom is 0.306 e. The Morgan fingerprint density at radius 1 is 1.11 bits per heavy atom. The number of carbonyl (C=O) groups is 1. The minimum atomic E-state index is -0.248. The molecular formula is C31H38N4O3. The number of esters is 1. The van der Waals surface area contributed by atoms with Gasteiger partial charge in [-0.1, -0.05) is 49.2 Å². The van der Waals surface area contributed by atoms with E-state index in [1.165, 1.54) is 24.1 Å². The molecule has 1 aliphatic carbocycles. The van der Waals surface area contributed by atoms with Gasteiger partial charge < -0.3 is 9.47 Å². The number of rotatable bonds is 11. The molecule has 7 nitrogen and oxygen atoms in total. The maximum absolute atomic E-state index is 12.5. The summed E-state index contributed by atoms with van der Waals surface area (Å²) in [5.74, 6) is 0.557. The first-order valence-corrected chi connectivity index (χ1v) is 13.7. The molecule has 2 heterocycles. The summed E-state index contributed by atoms with van der Waals surface area (Å²) in [6, 6.07) is 12.2. The van der Waals surface area contributed by atoms with Crippen molar-refractivity contribution in [3.8, 4) is 5.88 Å². The average molecular weight is 515 g/mol. The van der Waals surface area contributed by atoms with Gasteiger partial charge in [-0.3, -0.25) is 9.78 Å². The van der Waals surface area contributed by atoms with Crippen molar-refractivity contribution in [1.29, 1.82) is 0 Å². The Balaban J connectivity index is 1.47. The van der Waals surface area contributed by atoms with Gasteiger partial charge in [-0.25, -0.2) is 9.53 Å². The van der Waals surface area contributed by atoms with Crippen LogP contribution in [0, 0.1) is 6.57 Å². The van der Waals surface area contributed by atoms with E-state index in [1.54, 1.807) is 4.68 Å². The van der Waals surface area contributed by atoms with Gasteiger partial charge in [0.1, 0.15) is 0 Å². The summed E-state index contributed by atoms with van der Waals surface area (Å²) in [5.41, 5.74) is 7.15. The van der Waals surface area contributed by atoms with Crippen molar-refractivity contribution in [2.75, 3.05) is 13.2 Å². The third-order valence-electron chi connectivity index (χ3n) is 7.13. The molecule has 0 fully saturated rings. The zero-order chi connectivity index (χ0) is 27.1. The molecule has 38 heavy (non-hydrogen) atoms. The van der Waals surface area contributed by atoms with Crippen LogP contribution in [0.4, 0.5) is 5.69 Å². The Bertz CT molecular complexity index is 1300. The van der Waals surface area contributed by atoms with Crippen LogP contribution in [0.25, 0.3) is 4.85 Å². The number of aryl methyl sites for hydroxylation is 3. The summed E-state index contributed by atoms with van der Waals surface area (Å²) < 4.78 is 13.1. The number of carbonyl (C=O) groups excluding carboxylic acids is 1. The van der Waals surface area contributed by atoms with E-state index < -0.39 is 0 Å². The van der Waals surface area contributed by atoms with Crippen molar-refractivity contribution >= 4 is 11.7 Å². The second-order valence-electron chi connectivity index (χ2n) is 10.3. The molecule has 0 aliphatic heterocycles. The van der Waals surface area contributed by atoms with Crippen LogP contribution in [0.15, 0.2) is 36.4 Å². The van der Waals surface area contributed by atoms with Crippen LogP contribution >= 0.6 is 0 Å². The zero-order valence-corrected chi connectivity index (χ0v) is 23.0. The number of pyridine rings is 1. The third kappa shape index (κ3) is 7.00. The van der Waals surface area contributed by atoms with E-state index in [1.807, 2.05) is 32.2 Å².